The summed E-state index contributed by atoms with van der Waals surface area (Å²) in [6.45, 7) is 9.03. The molecule has 62 heavy (non-hydrogen) atoms. The first-order valence-corrected chi connectivity index (χ1v) is 21.3. The molecule has 344 valence electrons. The Balaban J connectivity index is 0.000000405. The number of fused-ring (bicyclic) bond motifs is 2. The second kappa shape index (κ2) is 25.2. The summed E-state index contributed by atoms with van der Waals surface area (Å²) in [7, 11) is -8.22. The van der Waals surface area contributed by atoms with Gasteiger partial charge in [-0.15, -0.1) is 0 Å². The normalized spacial score (nSPS) is 12.6. The molecule has 0 aliphatic carbocycles. The van der Waals surface area contributed by atoms with Crippen molar-refractivity contribution in [1.82, 2.24) is 39.0 Å². The highest BCUT2D eigenvalue weighted by Crippen LogP contribution is 2.48. The van der Waals surface area contributed by atoms with Gasteiger partial charge >= 0.3 is 39.4 Å². The van der Waals surface area contributed by atoms with Crippen LogP contribution in [0.15, 0.2) is 37.5 Å². The monoisotopic (exact) mass is 922 g/mol. The third-order valence-electron chi connectivity index (χ3n) is 6.70. The number of hydrogen-bond acceptors (Lipinski definition) is 22. The van der Waals surface area contributed by atoms with E-state index in [1.54, 1.807) is 50.7 Å². The summed E-state index contributed by atoms with van der Waals surface area (Å²) in [5.41, 5.74) is 13.4. The Morgan fingerprint density at radius 2 is 1.05 bits per heavy atom. The molecule has 0 amide bonds. The van der Waals surface area contributed by atoms with Gasteiger partial charge in [-0.25, -0.2) is 49.1 Å². The lowest BCUT2D eigenvalue weighted by molar-refractivity contribution is -0.134. The first kappa shape index (κ1) is 52.3. The van der Waals surface area contributed by atoms with Crippen LogP contribution < -0.4 is 11.5 Å². The Morgan fingerprint density at radius 1 is 0.661 bits per heavy atom. The van der Waals surface area contributed by atoms with Gasteiger partial charge in [-0.2, -0.15) is 0 Å². The number of nitrogens with two attached hydrogens (primary N) is 2. The number of carbonyl (C=O) groups excluding carboxylic acids is 2. The number of hydrogen-bond donors (Lipinski definition) is 6. The average molecular weight is 923 g/mol. The molecule has 0 aromatic carbocycles. The summed E-state index contributed by atoms with van der Waals surface area (Å²) in [6, 6.07) is 0. The molecule has 28 nitrogen and oxygen atoms in total. The molecule has 0 bridgehead atoms. The first-order valence-electron chi connectivity index (χ1n) is 17.8. The summed E-state index contributed by atoms with van der Waals surface area (Å²) < 4.78 is 67.1. The van der Waals surface area contributed by atoms with Crippen molar-refractivity contribution in [3.63, 3.8) is 0 Å². The van der Waals surface area contributed by atoms with Crippen molar-refractivity contribution in [1.29, 1.82) is 0 Å². The van der Waals surface area contributed by atoms with Crippen molar-refractivity contribution < 1.29 is 85.8 Å². The minimum Gasteiger partial charge on any atom is -0.478 e. The van der Waals surface area contributed by atoms with Gasteiger partial charge in [-0.1, -0.05) is 0 Å². The molecule has 0 spiro atoms. The Bertz CT molecular complexity index is 2160. The van der Waals surface area contributed by atoms with E-state index in [1.165, 1.54) is 25.3 Å². The zero-order valence-electron chi connectivity index (χ0n) is 34.1. The number of carbonyl (C=O) groups is 4. The standard InChI is InChI=1S/C19H30N5O10P.C9H14N5O4P.C4H4O4/c1-12(2)33-18(25)28-9-31-35(27,32-10-29-19(26)34-13(3)4)11-30-14(5)6-24-8-23-15-16(20)21-7-22-17(15)24;1-6(18-5-19(15,16)17)2-14-4-13-7-8(10)11-3-12-9(7)14;5-3(6)1-2-4(7)8/h7-8,12-14H,6,9-11H2,1-5H3,(H2,20,21,22);3-4,6H,2,5H2,1H3,(H2,10,11,12)(H2,15,16,17);1-2H,(H,5,6)(H,7,8)/b;;2-1+/t14-;6-;/m11./s1. The first-order chi connectivity index (χ1) is 29.0. The number of aromatic nitrogens is 8. The molecule has 0 unspecified atom stereocenters. The van der Waals surface area contributed by atoms with E-state index in [0.717, 1.165) is 0 Å². The number of imidazole rings is 2. The molecule has 30 heteroatoms. The van der Waals surface area contributed by atoms with Gasteiger partial charge in [0.25, 0.3) is 0 Å². The molecule has 0 radical (unpaired) electrons. The number of anilines is 2. The fourth-order valence-corrected chi connectivity index (χ4v) is 5.72. The predicted octanol–water partition coefficient (Wildman–Crippen LogP) is 2.70. The van der Waals surface area contributed by atoms with E-state index < -0.39 is 90.1 Å². The molecule has 0 fully saturated rings. The van der Waals surface area contributed by atoms with Crippen LogP contribution in [-0.4, -0.2) is 134 Å². The maximum atomic E-state index is 13.1. The van der Waals surface area contributed by atoms with E-state index in [1.807, 2.05) is 0 Å². The van der Waals surface area contributed by atoms with Crippen LogP contribution in [-0.2, 0) is 69.3 Å². The van der Waals surface area contributed by atoms with Crippen molar-refractivity contribution in [3.05, 3.63) is 37.5 Å². The second-order valence-electron chi connectivity index (χ2n) is 12.8. The molecule has 4 heterocycles. The van der Waals surface area contributed by atoms with Crippen molar-refractivity contribution in [3.8, 4) is 0 Å². The molecule has 4 rings (SSSR count). The molecule has 0 saturated carbocycles. The molecule has 8 N–H and O–H groups in total. The summed E-state index contributed by atoms with van der Waals surface area (Å²) in [5, 5.41) is 15.6. The molecular formula is C32H48N10O18P2. The highest BCUT2D eigenvalue weighted by Gasteiger charge is 2.29. The number of nitrogens with zero attached hydrogens (tertiary/aromatic N) is 8. The summed E-state index contributed by atoms with van der Waals surface area (Å²) in [4.78, 5) is 83.8. The van der Waals surface area contributed by atoms with Crippen LogP contribution in [0, 0.1) is 0 Å². The van der Waals surface area contributed by atoms with E-state index in [2.05, 4.69) is 29.9 Å². The summed E-state index contributed by atoms with van der Waals surface area (Å²) >= 11 is 0. The van der Waals surface area contributed by atoms with Crippen LogP contribution in [0.4, 0.5) is 21.2 Å². The molecule has 4 aromatic heterocycles. The largest absolute Gasteiger partial charge is 0.510 e. The highest BCUT2D eigenvalue weighted by atomic mass is 31.2. The average Bonchev–Trinajstić information content (AvgIpc) is 3.77. The minimum absolute atomic E-state index is 0.237. The number of aliphatic carboxylic acids is 2. The van der Waals surface area contributed by atoms with Crippen LogP contribution in [0.3, 0.4) is 0 Å². The minimum atomic E-state index is -4.16. The zero-order valence-corrected chi connectivity index (χ0v) is 35.9. The van der Waals surface area contributed by atoms with Crippen molar-refractivity contribution >= 4 is 73.4 Å². The molecule has 0 saturated heterocycles. The maximum Gasteiger partial charge on any atom is 0.510 e. The Hall–Kier alpha value is -5.86. The lowest BCUT2D eigenvalue weighted by Gasteiger charge is -2.21. The molecule has 0 aliphatic heterocycles. The van der Waals surface area contributed by atoms with E-state index in [-0.39, 0.29) is 18.2 Å². The van der Waals surface area contributed by atoms with Crippen molar-refractivity contribution in [2.75, 3.05) is 37.7 Å². The lowest BCUT2D eigenvalue weighted by atomic mass is 10.4. The van der Waals surface area contributed by atoms with E-state index in [4.69, 9.17) is 68.9 Å². The fourth-order valence-electron chi connectivity index (χ4n) is 4.18. The molecule has 2 atom stereocenters. The van der Waals surface area contributed by atoms with Crippen LogP contribution in [0.2, 0.25) is 0 Å². The van der Waals surface area contributed by atoms with Gasteiger partial charge in [0, 0.05) is 12.2 Å². The predicted molar refractivity (Wildman–Crippen MR) is 212 cm³/mol. The fraction of sp³-hybridized carbons (Fsp3) is 0.500. The number of carboxylic acid groups (broad SMARTS) is 2. The quantitative estimate of drug-likeness (QED) is 0.0321. The number of carboxylic acids is 2. The van der Waals surface area contributed by atoms with E-state index >= 15 is 0 Å². The zero-order chi connectivity index (χ0) is 46.6. The van der Waals surface area contributed by atoms with E-state index in [9.17, 15) is 28.3 Å². The molecule has 4 aromatic rings. The second-order valence-corrected chi connectivity index (χ2v) is 16.4. The Kier molecular flexibility index (Phi) is 21.2. The third-order valence-corrected chi connectivity index (χ3v) is 8.64. The number of ether oxygens (including phenoxy) is 6. The number of nitrogen functional groups attached to an aromatic ring is 2. The van der Waals surface area contributed by atoms with Crippen LogP contribution in [0.5, 0.6) is 0 Å². The van der Waals surface area contributed by atoms with Crippen molar-refractivity contribution in [2.24, 2.45) is 0 Å². The van der Waals surface area contributed by atoms with Gasteiger partial charge in [-0.05, 0) is 41.5 Å². The molecule has 0 aliphatic rings. The van der Waals surface area contributed by atoms with Gasteiger partial charge in [0.1, 0.15) is 36.4 Å². The van der Waals surface area contributed by atoms with Crippen molar-refractivity contribution in [2.45, 2.75) is 79.0 Å². The van der Waals surface area contributed by atoms with Gasteiger partial charge in [0.2, 0.25) is 13.6 Å². The van der Waals surface area contributed by atoms with Gasteiger partial charge < -0.3 is 69.0 Å². The van der Waals surface area contributed by atoms with Crippen LogP contribution in [0.25, 0.3) is 22.3 Å². The van der Waals surface area contributed by atoms with Gasteiger partial charge in [0.15, 0.2) is 22.9 Å². The van der Waals surface area contributed by atoms with Crippen LogP contribution in [0.1, 0.15) is 41.5 Å². The smallest absolute Gasteiger partial charge is 0.478 e. The maximum absolute atomic E-state index is 13.1. The molecular weight excluding hydrogens is 874 g/mol. The lowest BCUT2D eigenvalue weighted by Crippen LogP contribution is -2.20. The number of rotatable bonds is 20. The topological polar surface area (TPSA) is 396 Å². The van der Waals surface area contributed by atoms with Gasteiger partial charge in [0.05, 0.1) is 50.2 Å². The van der Waals surface area contributed by atoms with E-state index in [0.29, 0.717) is 41.0 Å². The van der Waals surface area contributed by atoms with Gasteiger partial charge in [-0.3, -0.25) is 18.2 Å². The van der Waals surface area contributed by atoms with Crippen LogP contribution >= 0.6 is 15.2 Å². The summed E-state index contributed by atoms with van der Waals surface area (Å²) in [6.07, 6.45) is 1.83. The third kappa shape index (κ3) is 20.1. The summed E-state index contributed by atoms with van der Waals surface area (Å²) in [5.74, 6) is -1.99. The highest BCUT2D eigenvalue weighted by molar-refractivity contribution is 7.53. The SMILES string of the molecule is CC(C)OC(=O)OCOP(=O)(CO[C@H](C)Cn1cnc2c(N)ncnc21)OCOC(=O)OC(C)C.C[C@H](Cn1cnc2c(N)ncnc21)OCP(=O)(O)O.O=C(O)/C=C/C(=O)O. The Labute approximate surface area is 352 Å². The Morgan fingerprint density at radius 3 is 1.40 bits per heavy atom.